The van der Waals surface area contributed by atoms with E-state index < -0.39 is 23.6 Å². The molecule has 25 heavy (non-hydrogen) atoms. The fourth-order valence-corrected chi connectivity index (χ4v) is 2.77. The zero-order chi connectivity index (χ0) is 18.6. The van der Waals surface area contributed by atoms with E-state index in [-0.39, 0.29) is 36.8 Å². The van der Waals surface area contributed by atoms with Gasteiger partial charge in [0.25, 0.3) is 0 Å². The van der Waals surface area contributed by atoms with Gasteiger partial charge in [0, 0.05) is 13.0 Å². The van der Waals surface area contributed by atoms with E-state index in [1.54, 1.807) is 32.9 Å². The van der Waals surface area contributed by atoms with Crippen molar-refractivity contribution < 1.29 is 23.5 Å². The standard InChI is InChI=1S/C18H23ClFNO4/c1-18(2,3)25-17(23)21-9-10-24-11-14(21)15(22)8-7-12-5-4-6-13(19)16(12)20/h4-6,14H,7-11H2,1-3H3/t14-/m0/s1. The van der Waals surface area contributed by atoms with Gasteiger partial charge in [-0.25, -0.2) is 9.18 Å². The molecule has 1 fully saturated rings. The molecule has 1 aliphatic heterocycles. The Bertz CT molecular complexity index is 644. The summed E-state index contributed by atoms with van der Waals surface area (Å²) in [7, 11) is 0. The van der Waals surface area contributed by atoms with Crippen molar-refractivity contribution in [3.63, 3.8) is 0 Å². The monoisotopic (exact) mass is 371 g/mol. The van der Waals surface area contributed by atoms with Crippen molar-refractivity contribution in [2.24, 2.45) is 0 Å². The quantitative estimate of drug-likeness (QED) is 0.811. The first-order chi connectivity index (χ1) is 11.7. The molecule has 0 saturated carbocycles. The average molecular weight is 372 g/mol. The Morgan fingerprint density at radius 2 is 2.12 bits per heavy atom. The van der Waals surface area contributed by atoms with Crippen molar-refractivity contribution in [2.45, 2.75) is 45.3 Å². The van der Waals surface area contributed by atoms with E-state index in [4.69, 9.17) is 21.1 Å². The first-order valence-corrected chi connectivity index (χ1v) is 8.60. The minimum Gasteiger partial charge on any atom is -0.444 e. The second-order valence-electron chi connectivity index (χ2n) is 6.94. The van der Waals surface area contributed by atoms with Gasteiger partial charge in [0.2, 0.25) is 0 Å². The van der Waals surface area contributed by atoms with Crippen molar-refractivity contribution in [2.75, 3.05) is 19.8 Å². The van der Waals surface area contributed by atoms with Crippen LogP contribution in [-0.4, -0.2) is 48.2 Å². The van der Waals surface area contributed by atoms with Gasteiger partial charge < -0.3 is 9.47 Å². The van der Waals surface area contributed by atoms with Crippen LogP contribution in [0.4, 0.5) is 9.18 Å². The molecule has 138 valence electrons. The third-order valence-electron chi connectivity index (χ3n) is 3.80. The zero-order valence-corrected chi connectivity index (χ0v) is 15.4. The molecule has 1 aromatic rings. The molecule has 0 spiro atoms. The van der Waals surface area contributed by atoms with Gasteiger partial charge in [0.15, 0.2) is 5.78 Å². The molecule has 0 radical (unpaired) electrons. The minimum atomic E-state index is -0.717. The van der Waals surface area contributed by atoms with Gasteiger partial charge in [-0.2, -0.15) is 0 Å². The fraction of sp³-hybridized carbons (Fsp3) is 0.556. The predicted octanol–water partition coefficient (Wildman–Crippen LogP) is 3.62. The van der Waals surface area contributed by atoms with Crippen LogP contribution in [0, 0.1) is 5.82 Å². The molecule has 1 aliphatic rings. The summed E-state index contributed by atoms with van der Waals surface area (Å²) in [4.78, 5) is 26.3. The largest absolute Gasteiger partial charge is 0.444 e. The number of ketones is 1. The Hall–Kier alpha value is -1.66. The molecular formula is C18H23ClFNO4. The van der Waals surface area contributed by atoms with Crippen LogP contribution in [0.1, 0.15) is 32.8 Å². The molecule has 0 N–H and O–H groups in total. The number of amides is 1. The Morgan fingerprint density at radius 1 is 1.40 bits per heavy atom. The Labute approximate surface area is 152 Å². The lowest BCUT2D eigenvalue weighted by Gasteiger charge is -2.35. The SMILES string of the molecule is CC(C)(C)OC(=O)N1CCOC[C@H]1C(=O)CCc1cccc(Cl)c1F. The number of aryl methyl sites for hydroxylation is 1. The van der Waals surface area contributed by atoms with E-state index in [2.05, 4.69) is 0 Å². The van der Waals surface area contributed by atoms with Crippen LogP contribution in [0.25, 0.3) is 0 Å². The molecule has 7 heteroatoms. The van der Waals surface area contributed by atoms with Crippen molar-refractivity contribution in [1.29, 1.82) is 0 Å². The van der Waals surface area contributed by atoms with E-state index in [9.17, 15) is 14.0 Å². The second kappa shape index (κ2) is 8.15. The maximum absolute atomic E-state index is 13.9. The molecule has 0 bridgehead atoms. The first-order valence-electron chi connectivity index (χ1n) is 8.22. The second-order valence-corrected chi connectivity index (χ2v) is 7.35. The topological polar surface area (TPSA) is 55.8 Å². The Balaban J connectivity index is 2.02. The summed E-state index contributed by atoms with van der Waals surface area (Å²) in [5, 5.41) is 0.0290. The van der Waals surface area contributed by atoms with Gasteiger partial charge in [0.05, 0.1) is 18.2 Å². The third-order valence-corrected chi connectivity index (χ3v) is 4.09. The number of ether oxygens (including phenoxy) is 2. The highest BCUT2D eigenvalue weighted by Gasteiger charge is 2.35. The smallest absolute Gasteiger partial charge is 0.411 e. The maximum atomic E-state index is 13.9. The summed E-state index contributed by atoms with van der Waals surface area (Å²) < 4.78 is 24.6. The number of nitrogens with zero attached hydrogens (tertiary/aromatic N) is 1. The van der Waals surface area contributed by atoms with E-state index in [0.717, 1.165) is 0 Å². The van der Waals surface area contributed by atoms with Crippen molar-refractivity contribution in [3.8, 4) is 0 Å². The molecule has 2 rings (SSSR count). The molecule has 1 heterocycles. The number of halogens is 2. The van der Waals surface area contributed by atoms with Crippen molar-refractivity contribution in [1.82, 2.24) is 4.90 Å². The highest BCUT2D eigenvalue weighted by molar-refractivity contribution is 6.30. The number of Topliss-reactive ketones (excluding diaryl/α,β-unsaturated/α-hetero) is 1. The summed E-state index contributed by atoms with van der Waals surface area (Å²) in [5.41, 5.74) is -0.270. The lowest BCUT2D eigenvalue weighted by molar-refractivity contribution is -0.130. The van der Waals surface area contributed by atoms with E-state index >= 15 is 0 Å². The van der Waals surface area contributed by atoms with Crippen LogP contribution in [0.5, 0.6) is 0 Å². The zero-order valence-electron chi connectivity index (χ0n) is 14.7. The summed E-state index contributed by atoms with van der Waals surface area (Å²) >= 11 is 5.75. The highest BCUT2D eigenvalue weighted by Crippen LogP contribution is 2.21. The number of rotatable bonds is 4. The molecule has 1 saturated heterocycles. The Morgan fingerprint density at radius 3 is 2.80 bits per heavy atom. The molecule has 0 aromatic heterocycles. The van der Waals surface area contributed by atoms with Crippen LogP contribution < -0.4 is 0 Å². The number of hydrogen-bond donors (Lipinski definition) is 0. The van der Waals surface area contributed by atoms with Crippen LogP contribution in [-0.2, 0) is 20.7 Å². The first kappa shape index (κ1) is 19.7. The lowest BCUT2D eigenvalue weighted by atomic mass is 10.0. The van der Waals surface area contributed by atoms with Gasteiger partial charge >= 0.3 is 6.09 Å². The number of morpholine rings is 1. The minimum absolute atomic E-state index is 0.0290. The molecule has 0 unspecified atom stereocenters. The molecule has 1 atom stereocenters. The molecule has 0 aliphatic carbocycles. The van der Waals surface area contributed by atoms with Gasteiger partial charge in [0.1, 0.15) is 17.5 Å². The normalized spacial score (nSPS) is 18.1. The molecule has 1 aromatic carbocycles. The molecular weight excluding hydrogens is 349 g/mol. The van der Waals surface area contributed by atoms with Crippen molar-refractivity contribution in [3.05, 3.63) is 34.6 Å². The lowest BCUT2D eigenvalue weighted by Crippen LogP contribution is -2.53. The van der Waals surface area contributed by atoms with Gasteiger partial charge in [-0.3, -0.25) is 9.69 Å². The summed E-state index contributed by atoms with van der Waals surface area (Å²) in [6, 6.07) is 3.98. The Kier molecular flexibility index (Phi) is 6.41. The van der Waals surface area contributed by atoms with Crippen LogP contribution in [0.3, 0.4) is 0 Å². The van der Waals surface area contributed by atoms with Crippen LogP contribution in [0.2, 0.25) is 5.02 Å². The van der Waals surface area contributed by atoms with E-state index in [1.165, 1.54) is 11.0 Å². The van der Waals surface area contributed by atoms with Gasteiger partial charge in [-0.1, -0.05) is 23.7 Å². The maximum Gasteiger partial charge on any atom is 0.411 e. The third kappa shape index (κ3) is 5.41. The van der Waals surface area contributed by atoms with E-state index in [1.807, 2.05) is 0 Å². The average Bonchev–Trinajstić information content (AvgIpc) is 2.54. The molecule has 5 nitrogen and oxygen atoms in total. The number of carbonyl (C=O) groups excluding carboxylic acids is 2. The summed E-state index contributed by atoms with van der Waals surface area (Å²) in [5.74, 6) is -0.703. The molecule has 1 amide bonds. The summed E-state index contributed by atoms with van der Waals surface area (Å²) in [6.45, 7) is 6.07. The van der Waals surface area contributed by atoms with Crippen molar-refractivity contribution >= 4 is 23.5 Å². The highest BCUT2D eigenvalue weighted by atomic mass is 35.5. The van der Waals surface area contributed by atoms with E-state index in [0.29, 0.717) is 12.2 Å². The number of benzene rings is 1. The van der Waals surface area contributed by atoms with Crippen LogP contribution in [0.15, 0.2) is 18.2 Å². The van der Waals surface area contributed by atoms with Crippen LogP contribution >= 0.6 is 11.6 Å². The van der Waals surface area contributed by atoms with Gasteiger partial charge in [-0.15, -0.1) is 0 Å². The summed E-state index contributed by atoms with van der Waals surface area (Å²) in [6.07, 6.45) is -0.239. The fourth-order valence-electron chi connectivity index (χ4n) is 2.58. The number of carbonyl (C=O) groups is 2. The van der Waals surface area contributed by atoms with Gasteiger partial charge in [-0.05, 0) is 38.8 Å². The predicted molar refractivity (Wildman–Crippen MR) is 92.3 cm³/mol. The number of hydrogen-bond acceptors (Lipinski definition) is 4.